The zero-order valence-corrected chi connectivity index (χ0v) is 19.0. The zero-order valence-electron chi connectivity index (χ0n) is 16.7. The molecule has 0 aromatic heterocycles. The molecule has 1 fully saturated rings. The molecule has 3 rings (SSSR count). The molecule has 152 valence electrons. The summed E-state index contributed by atoms with van der Waals surface area (Å²) in [6.07, 6.45) is 1.99. The summed E-state index contributed by atoms with van der Waals surface area (Å²) in [5.41, 5.74) is 1.85. The molecule has 1 aliphatic carbocycles. The number of benzene rings is 2. The quantitative estimate of drug-likeness (QED) is 0.338. The van der Waals surface area contributed by atoms with Crippen molar-refractivity contribution in [2.75, 3.05) is 27.2 Å². The third-order valence-electron chi connectivity index (χ3n) is 5.36. The van der Waals surface area contributed by atoms with Crippen LogP contribution in [0.5, 0.6) is 5.75 Å². The molecule has 6 heteroatoms. The zero-order chi connectivity index (χ0) is 19.3. The lowest BCUT2D eigenvalue weighted by Gasteiger charge is -2.21. The van der Waals surface area contributed by atoms with Crippen LogP contribution in [0.15, 0.2) is 53.5 Å². The molecule has 2 aromatic rings. The van der Waals surface area contributed by atoms with Crippen molar-refractivity contribution in [3.63, 3.8) is 0 Å². The number of hydrogen-bond acceptors (Lipinski definition) is 2. The van der Waals surface area contributed by atoms with Gasteiger partial charge in [-0.15, -0.1) is 24.0 Å². The first-order valence-electron chi connectivity index (χ1n) is 9.42. The Morgan fingerprint density at radius 3 is 2.46 bits per heavy atom. The summed E-state index contributed by atoms with van der Waals surface area (Å²) in [5, 5.41) is 6.75. The van der Waals surface area contributed by atoms with Gasteiger partial charge in [0, 0.05) is 31.5 Å². The molecule has 2 aromatic carbocycles. The maximum atomic E-state index is 14.2. The van der Waals surface area contributed by atoms with E-state index in [1.165, 1.54) is 6.07 Å². The van der Waals surface area contributed by atoms with Crippen LogP contribution in [0.3, 0.4) is 0 Å². The summed E-state index contributed by atoms with van der Waals surface area (Å²) in [6, 6.07) is 15.1. The molecule has 4 nitrogen and oxygen atoms in total. The van der Waals surface area contributed by atoms with E-state index in [1.54, 1.807) is 20.2 Å². The molecule has 1 aliphatic rings. The number of guanidine groups is 1. The van der Waals surface area contributed by atoms with E-state index in [4.69, 9.17) is 4.74 Å². The van der Waals surface area contributed by atoms with Gasteiger partial charge < -0.3 is 15.4 Å². The van der Waals surface area contributed by atoms with Gasteiger partial charge in [-0.25, -0.2) is 4.39 Å². The fraction of sp³-hybridized carbons (Fsp3) is 0.409. The van der Waals surface area contributed by atoms with E-state index in [0.29, 0.717) is 6.54 Å². The largest absolute Gasteiger partial charge is 0.496 e. The Bertz CT molecular complexity index is 808. The Morgan fingerprint density at radius 1 is 1.14 bits per heavy atom. The topological polar surface area (TPSA) is 45.7 Å². The van der Waals surface area contributed by atoms with Gasteiger partial charge >= 0.3 is 0 Å². The lowest BCUT2D eigenvalue weighted by atomic mass is 9.95. The number of rotatable bonds is 7. The van der Waals surface area contributed by atoms with E-state index in [-0.39, 0.29) is 41.1 Å². The summed E-state index contributed by atoms with van der Waals surface area (Å²) in [7, 11) is 3.45. The lowest BCUT2D eigenvalue weighted by Crippen LogP contribution is -2.42. The van der Waals surface area contributed by atoms with Crippen molar-refractivity contribution in [2.24, 2.45) is 4.99 Å². The van der Waals surface area contributed by atoms with Crippen molar-refractivity contribution in [1.82, 2.24) is 10.6 Å². The van der Waals surface area contributed by atoms with E-state index in [1.807, 2.05) is 30.3 Å². The molecule has 0 amide bonds. The molecule has 0 radical (unpaired) electrons. The molecular formula is C22H29FIN3O. The Morgan fingerprint density at radius 2 is 1.82 bits per heavy atom. The minimum Gasteiger partial charge on any atom is -0.496 e. The Hall–Kier alpha value is -1.83. The van der Waals surface area contributed by atoms with Gasteiger partial charge in [0.25, 0.3) is 0 Å². The fourth-order valence-electron chi connectivity index (χ4n) is 3.49. The van der Waals surface area contributed by atoms with Crippen molar-refractivity contribution < 1.29 is 9.13 Å². The molecule has 0 bridgehead atoms. The van der Waals surface area contributed by atoms with E-state index in [2.05, 4.69) is 28.6 Å². The number of ether oxygens (including phenoxy) is 1. The predicted molar refractivity (Wildman–Crippen MR) is 124 cm³/mol. The Labute approximate surface area is 184 Å². The van der Waals surface area contributed by atoms with Gasteiger partial charge in [-0.05, 0) is 36.1 Å². The van der Waals surface area contributed by atoms with Crippen LogP contribution in [-0.2, 0) is 5.41 Å². The monoisotopic (exact) mass is 497 g/mol. The van der Waals surface area contributed by atoms with Crippen LogP contribution >= 0.6 is 24.0 Å². The predicted octanol–water partition coefficient (Wildman–Crippen LogP) is 4.45. The van der Waals surface area contributed by atoms with Gasteiger partial charge in [-0.2, -0.15) is 0 Å². The second-order valence-corrected chi connectivity index (χ2v) is 7.21. The summed E-state index contributed by atoms with van der Waals surface area (Å²) in [4.78, 5) is 4.31. The van der Waals surface area contributed by atoms with E-state index in [9.17, 15) is 4.39 Å². The van der Waals surface area contributed by atoms with Crippen molar-refractivity contribution in [2.45, 2.75) is 31.1 Å². The van der Waals surface area contributed by atoms with Crippen LogP contribution < -0.4 is 15.4 Å². The number of para-hydroxylation sites is 1. The first kappa shape index (κ1) is 22.5. The number of halogens is 2. The summed E-state index contributed by atoms with van der Waals surface area (Å²) in [5.74, 6) is 1.77. The van der Waals surface area contributed by atoms with Crippen LogP contribution in [0.25, 0.3) is 0 Å². The highest BCUT2D eigenvalue weighted by molar-refractivity contribution is 14.0. The Balaban J connectivity index is 0.00000280. The lowest BCUT2D eigenvalue weighted by molar-refractivity contribution is 0.406. The normalized spacial score (nSPS) is 15.9. The third-order valence-corrected chi connectivity index (χ3v) is 5.36. The van der Waals surface area contributed by atoms with Gasteiger partial charge in [-0.3, -0.25) is 4.99 Å². The molecule has 28 heavy (non-hydrogen) atoms. The highest BCUT2D eigenvalue weighted by Gasteiger charge is 2.45. The van der Waals surface area contributed by atoms with E-state index in [0.717, 1.165) is 42.2 Å². The maximum absolute atomic E-state index is 14.2. The smallest absolute Gasteiger partial charge is 0.191 e. The highest BCUT2D eigenvalue weighted by Crippen LogP contribution is 2.48. The Kier molecular flexibility index (Phi) is 8.10. The molecule has 1 saturated carbocycles. The minimum atomic E-state index is -0.121. The van der Waals surface area contributed by atoms with E-state index >= 15 is 0 Å². The number of nitrogens with one attached hydrogen (secondary N) is 2. The molecule has 0 aliphatic heterocycles. The number of aliphatic imine (C=N–C) groups is 1. The van der Waals surface area contributed by atoms with Crippen molar-refractivity contribution in [3.8, 4) is 5.75 Å². The van der Waals surface area contributed by atoms with Gasteiger partial charge in [0.2, 0.25) is 0 Å². The fourth-order valence-corrected chi connectivity index (χ4v) is 3.49. The molecule has 1 unspecified atom stereocenters. The first-order chi connectivity index (χ1) is 13.1. The first-order valence-corrected chi connectivity index (χ1v) is 9.42. The van der Waals surface area contributed by atoms with Gasteiger partial charge in [-0.1, -0.05) is 43.3 Å². The third kappa shape index (κ3) is 5.16. The van der Waals surface area contributed by atoms with Gasteiger partial charge in [0.05, 0.1) is 7.11 Å². The van der Waals surface area contributed by atoms with Crippen LogP contribution in [0.4, 0.5) is 4.39 Å². The van der Waals surface area contributed by atoms with Crippen LogP contribution in [0, 0.1) is 5.82 Å². The van der Waals surface area contributed by atoms with Crippen molar-refractivity contribution in [1.29, 1.82) is 0 Å². The van der Waals surface area contributed by atoms with Gasteiger partial charge in [0.15, 0.2) is 5.96 Å². The van der Waals surface area contributed by atoms with Gasteiger partial charge in [0.1, 0.15) is 11.6 Å². The summed E-state index contributed by atoms with van der Waals surface area (Å²) >= 11 is 0. The number of nitrogens with zero attached hydrogens (tertiary/aromatic N) is 1. The SMILES string of the molecule is CN=C(NCC(C)c1ccccc1OC)NCC1(c2ccccc2F)CC1.I. The molecule has 2 N–H and O–H groups in total. The van der Waals surface area contributed by atoms with Crippen molar-refractivity contribution in [3.05, 3.63) is 65.5 Å². The second kappa shape index (κ2) is 10.1. The number of hydrogen-bond donors (Lipinski definition) is 2. The molecule has 1 atom stereocenters. The van der Waals surface area contributed by atoms with E-state index < -0.39 is 0 Å². The molecule has 0 spiro atoms. The maximum Gasteiger partial charge on any atom is 0.191 e. The highest BCUT2D eigenvalue weighted by atomic mass is 127. The van der Waals surface area contributed by atoms with Crippen molar-refractivity contribution >= 4 is 29.9 Å². The second-order valence-electron chi connectivity index (χ2n) is 7.21. The minimum absolute atomic E-state index is 0. The van der Waals surface area contributed by atoms with Crippen LogP contribution in [0.2, 0.25) is 0 Å². The van der Waals surface area contributed by atoms with Crippen LogP contribution in [-0.4, -0.2) is 33.2 Å². The molecule has 0 saturated heterocycles. The average Bonchev–Trinajstić information content (AvgIpc) is 3.49. The average molecular weight is 497 g/mol. The number of methoxy groups -OCH3 is 1. The molecule has 0 heterocycles. The summed E-state index contributed by atoms with van der Waals surface area (Å²) < 4.78 is 19.6. The molecular weight excluding hydrogens is 468 g/mol. The standard InChI is InChI=1S/C22H28FN3O.HI/c1-16(17-8-4-7-11-20(17)27-3)14-25-21(24-2)26-15-22(12-13-22)18-9-5-6-10-19(18)23;/h4-11,16H,12-15H2,1-3H3,(H2,24,25,26);1H. The summed E-state index contributed by atoms with van der Waals surface area (Å²) in [6.45, 7) is 3.56. The van der Waals surface area contributed by atoms with Crippen LogP contribution in [0.1, 0.15) is 36.8 Å².